The van der Waals surface area contributed by atoms with Gasteiger partial charge in [0.05, 0.1) is 17.4 Å². The standard InChI is InChI=1S/C11H13N3/c1-7-5-12-6-9-10(7)11(8-3-4-8)13-14(9)2/h5-6,8H,3-4H2,1-2H3. The van der Waals surface area contributed by atoms with Gasteiger partial charge in [-0.3, -0.25) is 9.67 Å². The van der Waals surface area contributed by atoms with Crippen molar-refractivity contribution in [2.75, 3.05) is 0 Å². The van der Waals surface area contributed by atoms with Crippen LogP contribution in [-0.4, -0.2) is 14.8 Å². The summed E-state index contributed by atoms with van der Waals surface area (Å²) in [6.45, 7) is 2.11. The quantitative estimate of drug-likeness (QED) is 0.685. The topological polar surface area (TPSA) is 30.7 Å². The van der Waals surface area contributed by atoms with Crippen LogP contribution in [0.5, 0.6) is 0 Å². The molecular formula is C11H13N3. The second-order valence-corrected chi connectivity index (χ2v) is 4.13. The van der Waals surface area contributed by atoms with Gasteiger partial charge < -0.3 is 0 Å². The average Bonchev–Trinajstić information content (AvgIpc) is 2.94. The minimum absolute atomic E-state index is 0.708. The van der Waals surface area contributed by atoms with E-state index in [-0.39, 0.29) is 0 Å². The summed E-state index contributed by atoms with van der Waals surface area (Å²) in [6, 6.07) is 0. The van der Waals surface area contributed by atoms with E-state index in [1.165, 1.54) is 29.5 Å². The second kappa shape index (κ2) is 2.56. The monoisotopic (exact) mass is 187 g/mol. The van der Waals surface area contributed by atoms with Crippen molar-refractivity contribution in [1.29, 1.82) is 0 Å². The highest BCUT2D eigenvalue weighted by molar-refractivity contribution is 5.85. The van der Waals surface area contributed by atoms with Crippen LogP contribution in [-0.2, 0) is 7.05 Å². The fraction of sp³-hybridized carbons (Fsp3) is 0.455. The Kier molecular flexibility index (Phi) is 1.46. The first-order valence-corrected chi connectivity index (χ1v) is 5.04. The van der Waals surface area contributed by atoms with E-state index < -0.39 is 0 Å². The number of pyridine rings is 1. The molecule has 0 N–H and O–H groups in total. The van der Waals surface area contributed by atoms with E-state index in [4.69, 9.17) is 0 Å². The Labute approximate surface area is 82.8 Å². The Morgan fingerprint density at radius 3 is 2.86 bits per heavy atom. The Hall–Kier alpha value is -1.38. The van der Waals surface area contributed by atoms with Gasteiger partial charge in [0.25, 0.3) is 0 Å². The van der Waals surface area contributed by atoms with Crippen molar-refractivity contribution in [3.05, 3.63) is 23.7 Å². The van der Waals surface area contributed by atoms with Gasteiger partial charge in [-0.1, -0.05) is 0 Å². The van der Waals surface area contributed by atoms with Crippen molar-refractivity contribution >= 4 is 10.9 Å². The largest absolute Gasteiger partial charge is 0.266 e. The second-order valence-electron chi connectivity index (χ2n) is 4.13. The van der Waals surface area contributed by atoms with E-state index in [9.17, 15) is 0 Å². The van der Waals surface area contributed by atoms with Crippen molar-refractivity contribution in [2.24, 2.45) is 7.05 Å². The van der Waals surface area contributed by atoms with Gasteiger partial charge in [0, 0.05) is 24.5 Å². The lowest BCUT2D eigenvalue weighted by Gasteiger charge is -1.96. The summed E-state index contributed by atoms with van der Waals surface area (Å²) in [5.41, 5.74) is 3.69. The summed E-state index contributed by atoms with van der Waals surface area (Å²) < 4.78 is 1.95. The zero-order valence-corrected chi connectivity index (χ0v) is 8.49. The van der Waals surface area contributed by atoms with Gasteiger partial charge >= 0.3 is 0 Å². The molecule has 0 spiro atoms. The molecule has 1 aliphatic carbocycles. The molecular weight excluding hydrogens is 174 g/mol. The summed E-state index contributed by atoms with van der Waals surface area (Å²) in [5, 5.41) is 5.91. The zero-order chi connectivity index (χ0) is 9.71. The number of fused-ring (bicyclic) bond motifs is 1. The maximum atomic E-state index is 4.59. The third kappa shape index (κ3) is 0.983. The fourth-order valence-electron chi connectivity index (χ4n) is 2.04. The van der Waals surface area contributed by atoms with Crippen molar-refractivity contribution in [3.63, 3.8) is 0 Å². The summed E-state index contributed by atoms with van der Waals surface area (Å²) in [6.07, 6.45) is 6.43. The minimum Gasteiger partial charge on any atom is -0.266 e. The molecule has 1 aliphatic rings. The van der Waals surface area contributed by atoms with Crippen LogP contribution in [0.3, 0.4) is 0 Å². The molecule has 0 bridgehead atoms. The Morgan fingerprint density at radius 1 is 1.36 bits per heavy atom. The molecule has 3 heteroatoms. The number of hydrogen-bond acceptors (Lipinski definition) is 2. The van der Waals surface area contributed by atoms with E-state index in [2.05, 4.69) is 17.0 Å². The lowest BCUT2D eigenvalue weighted by Crippen LogP contribution is -1.90. The minimum atomic E-state index is 0.708. The van der Waals surface area contributed by atoms with Crippen molar-refractivity contribution in [1.82, 2.24) is 14.8 Å². The number of nitrogens with zero attached hydrogens (tertiary/aromatic N) is 3. The fourth-order valence-corrected chi connectivity index (χ4v) is 2.04. The molecule has 0 atom stereocenters. The molecule has 0 amide bonds. The summed E-state index contributed by atoms with van der Waals surface area (Å²) in [4.78, 5) is 4.21. The zero-order valence-electron chi connectivity index (χ0n) is 8.49. The summed E-state index contributed by atoms with van der Waals surface area (Å²) in [5.74, 6) is 0.708. The van der Waals surface area contributed by atoms with Crippen LogP contribution < -0.4 is 0 Å². The molecule has 0 saturated heterocycles. The van der Waals surface area contributed by atoms with Crippen molar-refractivity contribution in [2.45, 2.75) is 25.7 Å². The van der Waals surface area contributed by atoms with Gasteiger partial charge in [0.15, 0.2) is 0 Å². The highest BCUT2D eigenvalue weighted by atomic mass is 15.3. The van der Waals surface area contributed by atoms with E-state index in [0.717, 1.165) is 5.52 Å². The molecule has 72 valence electrons. The summed E-state index contributed by atoms with van der Waals surface area (Å²) in [7, 11) is 2.00. The van der Waals surface area contributed by atoms with Crippen LogP contribution in [0.2, 0.25) is 0 Å². The lowest BCUT2D eigenvalue weighted by molar-refractivity contribution is 0.766. The molecule has 2 aromatic rings. The number of rotatable bonds is 1. The first-order chi connectivity index (χ1) is 6.77. The molecule has 3 nitrogen and oxygen atoms in total. The van der Waals surface area contributed by atoms with E-state index in [0.29, 0.717) is 5.92 Å². The smallest absolute Gasteiger partial charge is 0.0867 e. The van der Waals surface area contributed by atoms with Crippen LogP contribution in [0, 0.1) is 6.92 Å². The molecule has 2 heterocycles. The normalized spacial score (nSPS) is 16.4. The van der Waals surface area contributed by atoms with E-state index >= 15 is 0 Å². The van der Waals surface area contributed by atoms with Crippen LogP contribution in [0.25, 0.3) is 10.9 Å². The third-order valence-electron chi connectivity index (χ3n) is 2.94. The third-order valence-corrected chi connectivity index (χ3v) is 2.94. The van der Waals surface area contributed by atoms with Gasteiger partial charge in [0.2, 0.25) is 0 Å². The summed E-state index contributed by atoms with van der Waals surface area (Å²) >= 11 is 0. The van der Waals surface area contributed by atoms with Gasteiger partial charge in [-0.05, 0) is 25.3 Å². The van der Waals surface area contributed by atoms with Gasteiger partial charge in [-0.15, -0.1) is 0 Å². The molecule has 1 saturated carbocycles. The Morgan fingerprint density at radius 2 is 2.14 bits per heavy atom. The van der Waals surface area contributed by atoms with Crippen molar-refractivity contribution in [3.8, 4) is 0 Å². The van der Waals surface area contributed by atoms with Gasteiger partial charge in [0.1, 0.15) is 0 Å². The SMILES string of the molecule is Cc1cncc2c1c(C1CC1)nn2C. The van der Waals surface area contributed by atoms with Crippen LogP contribution in [0.15, 0.2) is 12.4 Å². The van der Waals surface area contributed by atoms with Crippen LogP contribution >= 0.6 is 0 Å². The Bertz CT molecular complexity index is 494. The van der Waals surface area contributed by atoms with Gasteiger partial charge in [-0.2, -0.15) is 5.10 Å². The molecule has 0 unspecified atom stereocenters. The molecule has 0 aromatic carbocycles. The molecule has 0 aliphatic heterocycles. The average molecular weight is 187 g/mol. The highest BCUT2D eigenvalue weighted by Gasteiger charge is 2.29. The molecule has 1 fully saturated rings. The van der Waals surface area contributed by atoms with Crippen molar-refractivity contribution < 1.29 is 0 Å². The highest BCUT2D eigenvalue weighted by Crippen LogP contribution is 2.42. The number of hydrogen-bond donors (Lipinski definition) is 0. The predicted octanol–water partition coefficient (Wildman–Crippen LogP) is 2.15. The molecule has 2 aromatic heterocycles. The maximum Gasteiger partial charge on any atom is 0.0867 e. The predicted molar refractivity (Wildman–Crippen MR) is 55.2 cm³/mol. The molecule has 0 radical (unpaired) electrons. The van der Waals surface area contributed by atoms with Gasteiger partial charge in [-0.25, -0.2) is 0 Å². The molecule has 14 heavy (non-hydrogen) atoms. The Balaban J connectivity index is 2.39. The van der Waals surface area contributed by atoms with E-state index in [1.807, 2.05) is 24.1 Å². The van der Waals surface area contributed by atoms with Crippen LogP contribution in [0.4, 0.5) is 0 Å². The molecule has 3 rings (SSSR count). The maximum absolute atomic E-state index is 4.59. The number of aryl methyl sites for hydroxylation is 2. The van der Waals surface area contributed by atoms with Crippen LogP contribution in [0.1, 0.15) is 30.0 Å². The first-order valence-electron chi connectivity index (χ1n) is 5.04. The number of aromatic nitrogens is 3. The van der Waals surface area contributed by atoms with E-state index in [1.54, 1.807) is 0 Å². The first kappa shape index (κ1) is 7.97. The lowest BCUT2D eigenvalue weighted by atomic mass is 10.1.